The number of aliphatic imine (C=N–C) groups is 1. The van der Waals surface area contributed by atoms with Gasteiger partial charge in [0.1, 0.15) is 0 Å². The van der Waals surface area contributed by atoms with Crippen LogP contribution in [0, 0.1) is 0 Å². The van der Waals surface area contributed by atoms with Gasteiger partial charge in [-0.1, -0.05) is 72.8 Å². The van der Waals surface area contributed by atoms with Gasteiger partial charge in [-0.25, -0.2) is 0 Å². The molecule has 0 amide bonds. The molecule has 0 aliphatic carbocycles. The second kappa shape index (κ2) is 8.53. The van der Waals surface area contributed by atoms with E-state index in [4.69, 9.17) is 0 Å². The fraction of sp³-hybridized carbons (Fsp3) is 0.115. The van der Waals surface area contributed by atoms with Gasteiger partial charge in [0.15, 0.2) is 0 Å². The van der Waals surface area contributed by atoms with Gasteiger partial charge in [0.05, 0.1) is 5.69 Å². The van der Waals surface area contributed by atoms with Crippen molar-refractivity contribution in [1.82, 2.24) is 0 Å². The number of hydrogen-bond donors (Lipinski definition) is 0. The Balaban J connectivity index is 1.48. The maximum atomic E-state index is 4.65. The Morgan fingerprint density at radius 1 is 0.750 bits per heavy atom. The van der Waals surface area contributed by atoms with E-state index in [9.17, 15) is 0 Å². The van der Waals surface area contributed by atoms with Crippen LogP contribution in [-0.4, -0.2) is 12.8 Å². The fourth-order valence-electron chi connectivity index (χ4n) is 3.37. The van der Waals surface area contributed by atoms with E-state index in [1.54, 1.807) is 0 Å². The summed E-state index contributed by atoms with van der Waals surface area (Å²) in [5.74, 6) is 0. The Kier molecular flexibility index (Phi) is 5.48. The summed E-state index contributed by atoms with van der Waals surface area (Å²) in [5, 5.41) is 2.45. The summed E-state index contributed by atoms with van der Waals surface area (Å²) in [6, 6.07) is 33.9. The van der Waals surface area contributed by atoms with Crippen molar-refractivity contribution in [3.8, 4) is 0 Å². The van der Waals surface area contributed by atoms with Gasteiger partial charge in [0.25, 0.3) is 0 Å². The van der Waals surface area contributed by atoms with Crippen LogP contribution in [0.25, 0.3) is 10.8 Å². The van der Waals surface area contributed by atoms with Gasteiger partial charge in [-0.3, -0.25) is 4.99 Å². The molecule has 2 nitrogen and oxygen atoms in total. The Bertz CT molecular complexity index is 1070. The minimum absolute atomic E-state index is 0.919. The zero-order chi connectivity index (χ0) is 19.2. The van der Waals surface area contributed by atoms with Crippen molar-refractivity contribution in [2.24, 2.45) is 4.99 Å². The lowest BCUT2D eigenvalue weighted by atomic mass is 10.1. The summed E-state index contributed by atoms with van der Waals surface area (Å²) in [6.45, 7) is 4.08. The number of nitrogens with zero attached hydrogens (tertiary/aromatic N) is 2. The van der Waals surface area contributed by atoms with E-state index in [2.05, 4.69) is 114 Å². The lowest BCUT2D eigenvalue weighted by Gasteiger charge is -2.23. The monoisotopic (exact) mass is 364 g/mol. The number of hydrogen-bond acceptors (Lipinski definition) is 2. The van der Waals surface area contributed by atoms with Gasteiger partial charge in [0, 0.05) is 25.0 Å². The van der Waals surface area contributed by atoms with Crippen LogP contribution in [0.1, 0.15) is 18.1 Å². The smallest absolute Gasteiger partial charge is 0.0636 e. The molecular formula is C26H24N2. The Hall–Kier alpha value is -3.39. The molecule has 0 heterocycles. The second-order valence-electron chi connectivity index (χ2n) is 6.88. The highest BCUT2D eigenvalue weighted by atomic mass is 15.1. The number of rotatable bonds is 6. The highest BCUT2D eigenvalue weighted by Crippen LogP contribution is 2.22. The SMILES string of the molecule is CCN(Cc1ccccc1)c1ccc(C=Nc2ccc3ccccc3c2)cc1. The molecule has 0 spiro atoms. The van der Waals surface area contributed by atoms with Crippen molar-refractivity contribution in [1.29, 1.82) is 0 Å². The van der Waals surface area contributed by atoms with Crippen LogP contribution in [0.2, 0.25) is 0 Å². The molecule has 138 valence electrons. The van der Waals surface area contributed by atoms with Gasteiger partial charge in [-0.15, -0.1) is 0 Å². The molecule has 4 rings (SSSR count). The summed E-state index contributed by atoms with van der Waals surface area (Å²) >= 11 is 0. The molecule has 0 radical (unpaired) electrons. The van der Waals surface area contributed by atoms with Gasteiger partial charge in [-0.05, 0) is 53.1 Å². The number of fused-ring (bicyclic) bond motifs is 1. The average Bonchev–Trinajstić information content (AvgIpc) is 2.77. The van der Waals surface area contributed by atoms with E-state index in [0.29, 0.717) is 0 Å². The second-order valence-corrected chi connectivity index (χ2v) is 6.88. The zero-order valence-electron chi connectivity index (χ0n) is 16.1. The van der Waals surface area contributed by atoms with Crippen LogP contribution in [-0.2, 0) is 6.54 Å². The predicted octanol–water partition coefficient (Wildman–Crippen LogP) is 6.62. The van der Waals surface area contributed by atoms with Crippen LogP contribution in [0.15, 0.2) is 102 Å². The first kappa shape index (κ1) is 18.0. The van der Waals surface area contributed by atoms with E-state index in [0.717, 1.165) is 24.3 Å². The van der Waals surface area contributed by atoms with Crippen molar-refractivity contribution in [3.63, 3.8) is 0 Å². The molecular weight excluding hydrogens is 340 g/mol. The van der Waals surface area contributed by atoms with Crippen LogP contribution in [0.5, 0.6) is 0 Å². The molecule has 0 saturated heterocycles. The molecule has 4 aromatic carbocycles. The summed E-state index contributed by atoms with van der Waals surface area (Å²) < 4.78 is 0. The summed E-state index contributed by atoms with van der Waals surface area (Å²) in [4.78, 5) is 7.03. The third-order valence-corrected chi connectivity index (χ3v) is 4.95. The highest BCUT2D eigenvalue weighted by Gasteiger charge is 2.05. The van der Waals surface area contributed by atoms with E-state index in [-0.39, 0.29) is 0 Å². The lowest BCUT2D eigenvalue weighted by Crippen LogP contribution is -2.21. The first-order valence-electron chi connectivity index (χ1n) is 9.73. The maximum Gasteiger partial charge on any atom is 0.0636 e. The summed E-state index contributed by atoms with van der Waals surface area (Å²) in [7, 11) is 0. The first-order valence-corrected chi connectivity index (χ1v) is 9.73. The Morgan fingerprint density at radius 3 is 2.21 bits per heavy atom. The predicted molar refractivity (Wildman–Crippen MR) is 121 cm³/mol. The van der Waals surface area contributed by atoms with E-state index in [1.165, 1.54) is 22.0 Å². The van der Waals surface area contributed by atoms with Crippen molar-refractivity contribution in [2.75, 3.05) is 11.4 Å². The topological polar surface area (TPSA) is 15.6 Å². The van der Waals surface area contributed by atoms with E-state index < -0.39 is 0 Å². The minimum atomic E-state index is 0.919. The van der Waals surface area contributed by atoms with Crippen LogP contribution in [0.4, 0.5) is 11.4 Å². The molecule has 0 atom stereocenters. The van der Waals surface area contributed by atoms with Crippen molar-refractivity contribution in [3.05, 3.63) is 108 Å². The molecule has 0 aliphatic heterocycles. The summed E-state index contributed by atoms with van der Waals surface area (Å²) in [5.41, 5.74) is 4.63. The molecule has 0 bridgehead atoms. The third-order valence-electron chi connectivity index (χ3n) is 4.95. The standard InChI is InChI=1S/C26H24N2/c1-2-28(20-22-8-4-3-5-9-22)26-16-12-21(13-17-26)19-27-25-15-14-23-10-6-7-11-24(23)18-25/h3-19H,2,20H2,1H3. The maximum absolute atomic E-state index is 4.65. The van der Waals surface area contributed by atoms with Crippen molar-refractivity contribution < 1.29 is 0 Å². The fourth-order valence-corrected chi connectivity index (χ4v) is 3.37. The Labute approximate surface area is 166 Å². The zero-order valence-corrected chi connectivity index (χ0v) is 16.1. The quantitative estimate of drug-likeness (QED) is 0.351. The molecule has 0 saturated carbocycles. The van der Waals surface area contributed by atoms with Crippen LogP contribution in [0.3, 0.4) is 0 Å². The molecule has 4 aromatic rings. The van der Waals surface area contributed by atoms with E-state index >= 15 is 0 Å². The van der Waals surface area contributed by atoms with E-state index in [1.807, 2.05) is 6.21 Å². The van der Waals surface area contributed by atoms with Crippen LogP contribution >= 0.6 is 0 Å². The molecule has 0 fully saturated rings. The van der Waals surface area contributed by atoms with Gasteiger partial charge >= 0.3 is 0 Å². The summed E-state index contributed by atoms with van der Waals surface area (Å²) in [6.07, 6.45) is 1.93. The molecule has 0 unspecified atom stereocenters. The number of anilines is 1. The number of benzene rings is 4. The van der Waals surface area contributed by atoms with Gasteiger partial charge < -0.3 is 4.90 Å². The minimum Gasteiger partial charge on any atom is -0.367 e. The molecule has 0 aliphatic rings. The normalized spacial score (nSPS) is 11.2. The van der Waals surface area contributed by atoms with Crippen molar-refractivity contribution >= 4 is 28.4 Å². The Morgan fingerprint density at radius 2 is 1.46 bits per heavy atom. The average molecular weight is 364 g/mol. The molecule has 0 aromatic heterocycles. The molecule has 28 heavy (non-hydrogen) atoms. The first-order chi connectivity index (χ1) is 13.8. The molecule has 0 N–H and O–H groups in total. The highest BCUT2D eigenvalue weighted by molar-refractivity contribution is 5.87. The molecule has 2 heteroatoms. The van der Waals surface area contributed by atoms with Gasteiger partial charge in [0.2, 0.25) is 0 Å². The van der Waals surface area contributed by atoms with Crippen molar-refractivity contribution in [2.45, 2.75) is 13.5 Å². The largest absolute Gasteiger partial charge is 0.367 e. The lowest BCUT2D eigenvalue weighted by molar-refractivity contribution is 0.832. The third kappa shape index (κ3) is 4.29. The van der Waals surface area contributed by atoms with Crippen LogP contribution < -0.4 is 4.90 Å². The van der Waals surface area contributed by atoms with Gasteiger partial charge in [-0.2, -0.15) is 0 Å².